The Morgan fingerprint density at radius 3 is 2.21 bits per heavy atom. The van der Waals surface area contributed by atoms with E-state index >= 15 is 0 Å². The van der Waals surface area contributed by atoms with Crippen LogP contribution in [-0.4, -0.2) is 36.6 Å². The van der Waals surface area contributed by atoms with Crippen molar-refractivity contribution in [2.75, 3.05) is 18.4 Å². The van der Waals surface area contributed by atoms with Crippen molar-refractivity contribution in [2.45, 2.75) is 37.5 Å². The minimum absolute atomic E-state index is 0.0513. The van der Waals surface area contributed by atoms with Crippen LogP contribution in [-0.2, 0) is 10.0 Å². The molecule has 1 amide bonds. The average Bonchev–Trinajstić information content (AvgIpc) is 2.98. The van der Waals surface area contributed by atoms with E-state index in [9.17, 15) is 23.3 Å². The predicted octanol–water partition coefficient (Wildman–Crippen LogP) is 3.72. The van der Waals surface area contributed by atoms with Crippen LogP contribution in [0, 0.1) is 17.0 Å². The molecule has 0 unspecified atom stereocenters. The molecule has 1 heterocycles. The van der Waals surface area contributed by atoms with Gasteiger partial charge in [0.15, 0.2) is 0 Å². The number of carbonyl (C=O) groups is 1. The van der Waals surface area contributed by atoms with E-state index in [0.29, 0.717) is 24.3 Å². The fourth-order valence-corrected chi connectivity index (χ4v) is 4.86. The van der Waals surface area contributed by atoms with Gasteiger partial charge in [-0.05, 0) is 56.2 Å². The Morgan fingerprint density at radius 2 is 1.66 bits per heavy atom. The number of nitro groups is 1. The largest absolute Gasteiger partial charge is 0.322 e. The Balaban J connectivity index is 1.72. The molecule has 3 rings (SSSR count). The molecule has 1 fully saturated rings. The van der Waals surface area contributed by atoms with Gasteiger partial charge in [0.1, 0.15) is 0 Å². The van der Waals surface area contributed by atoms with Gasteiger partial charge < -0.3 is 5.32 Å². The molecule has 2 aromatic rings. The maximum absolute atomic E-state index is 12.8. The van der Waals surface area contributed by atoms with E-state index in [4.69, 9.17) is 0 Å². The third kappa shape index (κ3) is 4.80. The molecule has 1 N–H and O–H groups in total. The van der Waals surface area contributed by atoms with Crippen molar-refractivity contribution in [3.05, 3.63) is 63.7 Å². The summed E-state index contributed by atoms with van der Waals surface area (Å²) < 4.78 is 27.1. The smallest absolute Gasteiger partial charge is 0.272 e. The van der Waals surface area contributed by atoms with E-state index in [-0.39, 0.29) is 16.1 Å². The summed E-state index contributed by atoms with van der Waals surface area (Å²) in [5.74, 6) is -0.425. The first-order valence-electron chi connectivity index (χ1n) is 9.45. The third-order valence-electron chi connectivity index (χ3n) is 4.97. The standard InChI is InChI=1S/C20H23N3O5S/c1-15-14-16(6-11-19(15)23(25)26)20(24)21-17-7-9-18(10-8-17)29(27,28)22-12-4-2-3-5-13-22/h6-11,14H,2-5,12-13H2,1H3,(H,21,24). The first kappa shape index (κ1) is 20.9. The molecule has 0 spiro atoms. The van der Waals surface area contributed by atoms with E-state index < -0.39 is 20.9 Å². The normalized spacial score (nSPS) is 15.5. The molecule has 8 nitrogen and oxygen atoms in total. The van der Waals surface area contributed by atoms with Crippen LogP contribution in [0.15, 0.2) is 47.4 Å². The highest BCUT2D eigenvalue weighted by Gasteiger charge is 2.25. The number of amides is 1. The van der Waals surface area contributed by atoms with Crippen LogP contribution in [0.3, 0.4) is 0 Å². The van der Waals surface area contributed by atoms with Crippen molar-refractivity contribution < 1.29 is 18.1 Å². The van der Waals surface area contributed by atoms with Crippen molar-refractivity contribution in [2.24, 2.45) is 0 Å². The highest BCUT2D eigenvalue weighted by Crippen LogP contribution is 2.23. The Morgan fingerprint density at radius 1 is 1.03 bits per heavy atom. The molecule has 29 heavy (non-hydrogen) atoms. The molecule has 0 radical (unpaired) electrons. The third-order valence-corrected chi connectivity index (χ3v) is 6.88. The quantitative estimate of drug-likeness (QED) is 0.589. The van der Waals surface area contributed by atoms with Crippen LogP contribution in [0.5, 0.6) is 0 Å². The monoisotopic (exact) mass is 417 g/mol. The van der Waals surface area contributed by atoms with Crippen molar-refractivity contribution in [1.29, 1.82) is 0 Å². The zero-order valence-corrected chi connectivity index (χ0v) is 16.9. The maximum Gasteiger partial charge on any atom is 0.272 e. The molecule has 1 aliphatic heterocycles. The van der Waals surface area contributed by atoms with E-state index in [2.05, 4.69) is 5.32 Å². The summed E-state index contributed by atoms with van der Waals surface area (Å²) in [5.41, 5.74) is 1.07. The number of sulfonamides is 1. The lowest BCUT2D eigenvalue weighted by atomic mass is 10.1. The van der Waals surface area contributed by atoms with Crippen molar-refractivity contribution in [3.8, 4) is 0 Å². The summed E-state index contributed by atoms with van der Waals surface area (Å²) in [7, 11) is -3.54. The predicted molar refractivity (Wildman–Crippen MR) is 109 cm³/mol. The van der Waals surface area contributed by atoms with Crippen LogP contribution in [0.25, 0.3) is 0 Å². The molecule has 0 atom stereocenters. The highest BCUT2D eigenvalue weighted by atomic mass is 32.2. The van der Waals surface area contributed by atoms with E-state index in [1.165, 1.54) is 34.6 Å². The number of hydrogen-bond donors (Lipinski definition) is 1. The van der Waals surface area contributed by atoms with Gasteiger partial charge in [-0.15, -0.1) is 0 Å². The van der Waals surface area contributed by atoms with Gasteiger partial charge >= 0.3 is 0 Å². The summed E-state index contributed by atoms with van der Waals surface area (Å²) >= 11 is 0. The van der Waals surface area contributed by atoms with Crippen LogP contribution in [0.1, 0.15) is 41.6 Å². The van der Waals surface area contributed by atoms with Crippen molar-refractivity contribution >= 4 is 27.3 Å². The number of nitrogens with one attached hydrogen (secondary N) is 1. The lowest BCUT2D eigenvalue weighted by Crippen LogP contribution is -2.31. The topological polar surface area (TPSA) is 110 Å². The van der Waals surface area contributed by atoms with E-state index in [1.807, 2.05) is 0 Å². The molecule has 0 aromatic heterocycles. The molecule has 1 aliphatic rings. The number of nitro benzene ring substituents is 1. The first-order chi connectivity index (χ1) is 13.8. The van der Waals surface area contributed by atoms with Gasteiger partial charge in [0, 0.05) is 36.0 Å². The number of aryl methyl sites for hydroxylation is 1. The molecule has 0 saturated carbocycles. The highest BCUT2D eigenvalue weighted by molar-refractivity contribution is 7.89. The lowest BCUT2D eigenvalue weighted by molar-refractivity contribution is -0.385. The van der Waals surface area contributed by atoms with Crippen LogP contribution >= 0.6 is 0 Å². The second-order valence-electron chi connectivity index (χ2n) is 7.06. The minimum Gasteiger partial charge on any atom is -0.322 e. The van der Waals surface area contributed by atoms with Gasteiger partial charge in [-0.2, -0.15) is 4.31 Å². The maximum atomic E-state index is 12.8. The Kier molecular flexibility index (Phi) is 6.29. The zero-order chi connectivity index (χ0) is 21.0. The summed E-state index contributed by atoms with van der Waals surface area (Å²) in [6.07, 6.45) is 3.81. The van der Waals surface area contributed by atoms with Gasteiger partial charge in [0.2, 0.25) is 10.0 Å². The van der Waals surface area contributed by atoms with Crippen molar-refractivity contribution in [3.63, 3.8) is 0 Å². The molecule has 0 aliphatic carbocycles. The molecular formula is C20H23N3O5S. The fraction of sp³-hybridized carbons (Fsp3) is 0.350. The Hall–Kier alpha value is -2.78. The SMILES string of the molecule is Cc1cc(C(=O)Nc2ccc(S(=O)(=O)N3CCCCCC3)cc2)ccc1[N+](=O)[O-]. The average molecular weight is 417 g/mol. The molecular weight excluding hydrogens is 394 g/mol. The minimum atomic E-state index is -3.54. The Bertz CT molecular complexity index is 1010. The second kappa shape index (κ2) is 8.71. The fourth-order valence-electron chi connectivity index (χ4n) is 3.35. The van der Waals surface area contributed by atoms with Crippen molar-refractivity contribution in [1.82, 2.24) is 4.31 Å². The number of anilines is 1. The summed E-state index contributed by atoms with van der Waals surface area (Å²) in [4.78, 5) is 23.0. The number of rotatable bonds is 5. The van der Waals surface area contributed by atoms with Gasteiger partial charge in [0.25, 0.3) is 11.6 Å². The second-order valence-corrected chi connectivity index (χ2v) is 8.99. The van der Waals surface area contributed by atoms with Gasteiger partial charge in [-0.25, -0.2) is 8.42 Å². The van der Waals surface area contributed by atoms with Crippen LogP contribution < -0.4 is 5.32 Å². The molecule has 154 valence electrons. The van der Waals surface area contributed by atoms with Crippen LogP contribution in [0.2, 0.25) is 0 Å². The van der Waals surface area contributed by atoms with E-state index in [0.717, 1.165) is 25.7 Å². The first-order valence-corrected chi connectivity index (χ1v) is 10.9. The molecule has 0 bridgehead atoms. The molecule has 2 aromatic carbocycles. The van der Waals surface area contributed by atoms with Crippen LogP contribution in [0.4, 0.5) is 11.4 Å². The molecule has 1 saturated heterocycles. The summed E-state index contributed by atoms with van der Waals surface area (Å²) in [6.45, 7) is 2.62. The van der Waals surface area contributed by atoms with Gasteiger partial charge in [-0.1, -0.05) is 12.8 Å². The van der Waals surface area contributed by atoms with E-state index in [1.54, 1.807) is 19.1 Å². The zero-order valence-electron chi connectivity index (χ0n) is 16.1. The van der Waals surface area contributed by atoms with Gasteiger partial charge in [0.05, 0.1) is 9.82 Å². The molecule has 9 heteroatoms. The number of carbonyl (C=O) groups excluding carboxylic acids is 1. The number of nitrogens with zero attached hydrogens (tertiary/aromatic N) is 2. The summed E-state index contributed by atoms with van der Waals surface area (Å²) in [5, 5.41) is 13.6. The summed E-state index contributed by atoms with van der Waals surface area (Å²) in [6, 6.07) is 10.2. The lowest BCUT2D eigenvalue weighted by Gasteiger charge is -2.20. The number of hydrogen-bond acceptors (Lipinski definition) is 5. The number of benzene rings is 2. The van der Waals surface area contributed by atoms with Gasteiger partial charge in [-0.3, -0.25) is 14.9 Å². The Labute approximate surface area is 169 Å².